The molecule has 0 aliphatic carbocycles. The lowest BCUT2D eigenvalue weighted by Gasteiger charge is -2.31. The van der Waals surface area contributed by atoms with Gasteiger partial charge in [0, 0.05) is 38.5 Å². The number of aromatic hydroxyl groups is 1. The lowest BCUT2D eigenvalue weighted by molar-refractivity contribution is -0.145. The van der Waals surface area contributed by atoms with Crippen LogP contribution < -0.4 is 65.1 Å². The molecule has 98 heavy (non-hydrogen) atoms. The maximum Gasteiger partial charge on any atom is 0.326 e. The number of unbranched alkanes of at least 4 members (excludes halogenated alkanes) is 1. The van der Waals surface area contributed by atoms with Crippen molar-refractivity contribution in [3.63, 3.8) is 0 Å². The maximum atomic E-state index is 14.5. The number of nitrogens with zero attached hydrogens (tertiary/aromatic N) is 3. The van der Waals surface area contributed by atoms with Gasteiger partial charge in [0.1, 0.15) is 66.2 Å². The summed E-state index contributed by atoms with van der Waals surface area (Å²) in [6.45, 7) is 4.08. The summed E-state index contributed by atoms with van der Waals surface area (Å²) in [6, 6.07) is -2.29. The van der Waals surface area contributed by atoms with Gasteiger partial charge in [-0.2, -0.15) is 0 Å². The maximum absolute atomic E-state index is 14.5. The molecule has 3 aromatic rings. The first kappa shape index (κ1) is 78.1. The second-order valence-corrected chi connectivity index (χ2v) is 24.4. The Kier molecular flexibility index (Phi) is 30.5. The molecular formula is C63H88N16O19. The number of nitrogens with one attached hydrogen (secondary N) is 10. The minimum Gasteiger partial charge on any atom is -0.508 e. The first-order valence-corrected chi connectivity index (χ1v) is 31.9. The van der Waals surface area contributed by atoms with Crippen molar-refractivity contribution in [1.82, 2.24) is 67.6 Å². The smallest absolute Gasteiger partial charge is 0.326 e. The van der Waals surface area contributed by atoms with E-state index < -0.39 is 181 Å². The van der Waals surface area contributed by atoms with Crippen molar-refractivity contribution in [2.45, 2.75) is 177 Å². The van der Waals surface area contributed by atoms with E-state index in [4.69, 9.17) is 17.2 Å². The van der Waals surface area contributed by atoms with E-state index in [0.717, 1.165) is 9.80 Å². The fourth-order valence-electron chi connectivity index (χ4n) is 11.0. The summed E-state index contributed by atoms with van der Waals surface area (Å²) in [5, 5.41) is 61.4. The van der Waals surface area contributed by atoms with Crippen molar-refractivity contribution in [2.24, 2.45) is 23.1 Å². The Morgan fingerprint density at radius 3 is 1.66 bits per heavy atom. The molecule has 2 aromatic carbocycles. The number of hydrogen-bond donors (Lipinski definition) is 17. The third kappa shape index (κ3) is 24.9. The van der Waals surface area contributed by atoms with E-state index >= 15 is 0 Å². The molecule has 11 atom stereocenters. The Bertz CT molecular complexity index is 3320. The van der Waals surface area contributed by atoms with Crippen LogP contribution in [0.4, 0.5) is 0 Å². The Hall–Kier alpha value is -10.6. The van der Waals surface area contributed by atoms with Gasteiger partial charge in [-0.25, -0.2) is 9.78 Å². The Morgan fingerprint density at radius 1 is 0.571 bits per heavy atom. The fourth-order valence-corrected chi connectivity index (χ4v) is 11.0. The van der Waals surface area contributed by atoms with Gasteiger partial charge < -0.3 is 100 Å². The van der Waals surface area contributed by atoms with Crippen LogP contribution in [0.1, 0.15) is 108 Å². The highest BCUT2D eigenvalue weighted by molar-refractivity contribution is 6.00. The first-order chi connectivity index (χ1) is 46.4. The van der Waals surface area contributed by atoms with Crippen LogP contribution in [0.25, 0.3) is 0 Å². The molecular weight excluding hydrogens is 1280 g/mol. The number of aromatic nitrogens is 2. The Labute approximate surface area is 563 Å². The van der Waals surface area contributed by atoms with Crippen LogP contribution in [0.3, 0.4) is 0 Å². The van der Waals surface area contributed by atoms with Crippen LogP contribution in [0.2, 0.25) is 0 Å². The van der Waals surface area contributed by atoms with Crippen LogP contribution in [-0.4, -0.2) is 222 Å². The third-order valence-electron chi connectivity index (χ3n) is 16.1. The molecule has 2 fully saturated rings. The summed E-state index contributed by atoms with van der Waals surface area (Å²) < 4.78 is 0. The summed E-state index contributed by atoms with van der Waals surface area (Å²) in [5.41, 5.74) is 18.1. The predicted molar refractivity (Wildman–Crippen MR) is 344 cm³/mol. The number of carbonyl (C=O) groups excluding carboxylic acids is 12. The zero-order valence-corrected chi connectivity index (χ0v) is 54.5. The van der Waals surface area contributed by atoms with Crippen LogP contribution in [0.15, 0.2) is 67.1 Å². The first-order valence-electron chi connectivity index (χ1n) is 31.9. The minimum absolute atomic E-state index is 0.00996. The zero-order valence-electron chi connectivity index (χ0n) is 54.5. The highest BCUT2D eigenvalue weighted by Crippen LogP contribution is 2.23. The monoisotopic (exact) mass is 1370 g/mol. The summed E-state index contributed by atoms with van der Waals surface area (Å²) in [5.74, 6) is -16.1. The molecule has 35 heteroatoms. The number of benzene rings is 2. The minimum atomic E-state index is -1.87. The van der Waals surface area contributed by atoms with E-state index in [2.05, 4.69) is 57.8 Å². The second kappa shape index (κ2) is 38.2. The molecule has 20 N–H and O–H groups in total. The van der Waals surface area contributed by atoms with E-state index in [1.54, 1.807) is 44.2 Å². The van der Waals surface area contributed by atoms with E-state index in [-0.39, 0.29) is 89.1 Å². The van der Waals surface area contributed by atoms with Gasteiger partial charge in [0.15, 0.2) is 0 Å². The highest BCUT2D eigenvalue weighted by atomic mass is 16.4. The predicted octanol–water partition coefficient (Wildman–Crippen LogP) is -4.45. The number of phenols is 1. The standard InChI is InChI=1S/C63H88N16O19/c1-33(2)23-45(62(96)79-22-10-15-48(79)61(95)75-44(29-52(85)86)58(92)71-40(13-7-8-20-64)56(90)77-46(63(97)98)25-36-16-18-38(80)19-17-36)76-59(93)43(28-51(83)84)72-53(87)34(3)70-60(94)47-14-9-21-78(47)50(82)31-68-55(89)41(24-35-11-5-4-6-12-35)74-57(91)42(26-37-30-67-32-69-37)73-54(88)39(65)27-49(66)81/h4-6,11-12,16-19,30,32-34,39-48,80H,7-10,13-15,20-29,31,64-65H2,1-3H3,(H2,66,81)(H,67,69)(H,68,89)(H,70,94)(H,71,92)(H,72,87)(H,73,88)(H,74,91)(H,75,95)(H,76,93)(H,77,90)(H,83,84)(H,85,86)(H,97,98)/t34-,39-,40-,41-,42-,43-,44-,45-,46-,47-,48-/m0/s1. The summed E-state index contributed by atoms with van der Waals surface area (Å²) in [4.78, 5) is 210. The molecule has 534 valence electrons. The average molecular weight is 1370 g/mol. The molecule has 0 unspecified atom stereocenters. The van der Waals surface area contributed by atoms with Crippen molar-refractivity contribution in [3.05, 3.63) is 83.9 Å². The molecule has 0 saturated carbocycles. The van der Waals surface area contributed by atoms with E-state index in [9.17, 15) is 92.3 Å². The van der Waals surface area contributed by atoms with Gasteiger partial charge in [0.05, 0.1) is 43.9 Å². The third-order valence-corrected chi connectivity index (χ3v) is 16.1. The molecule has 5 rings (SSSR count). The average Bonchev–Trinajstić information content (AvgIpc) is 1.59. The van der Waals surface area contributed by atoms with Gasteiger partial charge in [-0.05, 0) is 94.0 Å². The molecule has 3 heterocycles. The van der Waals surface area contributed by atoms with Gasteiger partial charge in [0.2, 0.25) is 70.9 Å². The van der Waals surface area contributed by atoms with Crippen LogP contribution >= 0.6 is 0 Å². The molecule has 2 aliphatic heterocycles. The van der Waals surface area contributed by atoms with Gasteiger partial charge in [-0.15, -0.1) is 0 Å². The van der Waals surface area contributed by atoms with Crippen LogP contribution in [0, 0.1) is 5.92 Å². The number of aliphatic carboxylic acids is 3. The number of likely N-dealkylation sites (tertiary alicyclic amines) is 2. The normalized spacial score (nSPS) is 17.0. The number of amides is 12. The molecule has 0 bridgehead atoms. The molecule has 1 aromatic heterocycles. The molecule has 0 spiro atoms. The molecule has 0 radical (unpaired) electrons. The quantitative estimate of drug-likeness (QED) is 0.0240. The van der Waals surface area contributed by atoms with Crippen molar-refractivity contribution >= 4 is 88.8 Å². The number of aromatic amines is 1. The summed E-state index contributed by atoms with van der Waals surface area (Å²) in [6.07, 6.45) is 0.800. The number of carboxylic acid groups (broad SMARTS) is 3. The zero-order chi connectivity index (χ0) is 72.3. The molecule has 2 aliphatic rings. The number of imidazole rings is 1. The van der Waals surface area contributed by atoms with Crippen molar-refractivity contribution in [1.29, 1.82) is 0 Å². The summed E-state index contributed by atoms with van der Waals surface area (Å²) >= 11 is 0. The molecule has 12 amide bonds. The second-order valence-electron chi connectivity index (χ2n) is 24.4. The van der Waals surface area contributed by atoms with Crippen molar-refractivity contribution in [3.8, 4) is 5.75 Å². The van der Waals surface area contributed by atoms with E-state index in [0.29, 0.717) is 29.7 Å². The number of rotatable bonds is 39. The topological polar surface area (TPSA) is 558 Å². The lowest BCUT2D eigenvalue weighted by Crippen LogP contribution is -2.60. The Morgan fingerprint density at radius 2 is 1.08 bits per heavy atom. The SMILES string of the molecule is CC(C)C[C@H](NC(=O)[C@H](CC(=O)O)NC(=O)[C@H](C)NC(=O)[C@@H]1CCCN1C(=O)CNC(=O)[C@H](Cc1ccccc1)NC(=O)[C@H](Cc1c[nH]cn1)NC(=O)[C@@H](N)CC(N)=O)C(=O)N1CCC[C@H]1C(=O)N[C@@H](CC(=O)O)C(=O)N[C@@H](CCCCN)C(=O)N[C@@H](Cc1ccc(O)cc1)C(=O)O. The van der Waals surface area contributed by atoms with Gasteiger partial charge in [-0.1, -0.05) is 56.3 Å². The van der Waals surface area contributed by atoms with Gasteiger partial charge >= 0.3 is 17.9 Å². The van der Waals surface area contributed by atoms with Gasteiger partial charge in [0.25, 0.3) is 0 Å². The van der Waals surface area contributed by atoms with Crippen molar-refractivity contribution in [2.75, 3.05) is 26.2 Å². The van der Waals surface area contributed by atoms with E-state index in [1.165, 1.54) is 43.7 Å². The fraction of sp³-hybridized carbons (Fsp3) is 0.524. The van der Waals surface area contributed by atoms with E-state index in [1.807, 2.05) is 0 Å². The number of primary amides is 1. The lowest BCUT2D eigenvalue weighted by atomic mass is 10.0. The van der Waals surface area contributed by atoms with Crippen molar-refractivity contribution < 1.29 is 92.3 Å². The molecule has 2 saturated heterocycles. The largest absolute Gasteiger partial charge is 0.508 e. The highest BCUT2D eigenvalue weighted by Gasteiger charge is 2.42. The number of carbonyl (C=O) groups is 15. The van der Waals surface area contributed by atoms with Crippen LogP contribution in [-0.2, 0) is 91.2 Å². The number of carboxylic acids is 3. The number of nitrogens with two attached hydrogens (primary N) is 3. The number of H-pyrrole nitrogens is 1. The Balaban J connectivity index is 1.22. The van der Waals surface area contributed by atoms with Crippen LogP contribution in [0.5, 0.6) is 5.75 Å². The number of phenolic OH excluding ortho intramolecular Hbond substituents is 1. The van der Waals surface area contributed by atoms with Gasteiger partial charge in [-0.3, -0.25) is 67.1 Å². The molecule has 35 nitrogen and oxygen atoms in total. The number of hydrogen-bond acceptors (Lipinski definition) is 19. The summed E-state index contributed by atoms with van der Waals surface area (Å²) in [7, 11) is 0.